The standard InChI is InChI=1S/C17H27ClO/c1-12(2)9-17(19,10-13(3)4)11-15-7-6-14(5)8-16(15)18/h6-8,12-13,19H,9-11H2,1-5H3. The van der Waals surface area contributed by atoms with Gasteiger partial charge < -0.3 is 5.11 Å². The highest BCUT2D eigenvalue weighted by atomic mass is 35.5. The van der Waals surface area contributed by atoms with Gasteiger partial charge in [-0.2, -0.15) is 0 Å². The molecule has 0 unspecified atom stereocenters. The second kappa shape index (κ2) is 6.76. The molecular weight excluding hydrogens is 256 g/mol. The summed E-state index contributed by atoms with van der Waals surface area (Å²) in [4.78, 5) is 0. The van der Waals surface area contributed by atoms with Gasteiger partial charge in [0.2, 0.25) is 0 Å². The van der Waals surface area contributed by atoms with Gasteiger partial charge in [0.25, 0.3) is 0 Å². The van der Waals surface area contributed by atoms with Crippen LogP contribution in [0.4, 0.5) is 0 Å². The number of hydrogen-bond donors (Lipinski definition) is 1. The SMILES string of the molecule is Cc1ccc(CC(O)(CC(C)C)CC(C)C)c(Cl)c1. The third kappa shape index (κ3) is 5.54. The normalized spacial score (nSPS) is 12.5. The van der Waals surface area contributed by atoms with E-state index in [1.54, 1.807) is 0 Å². The van der Waals surface area contributed by atoms with Gasteiger partial charge in [-0.15, -0.1) is 0 Å². The van der Waals surface area contributed by atoms with E-state index in [-0.39, 0.29) is 0 Å². The Morgan fingerprint density at radius 2 is 1.63 bits per heavy atom. The van der Waals surface area contributed by atoms with Crippen molar-refractivity contribution in [2.45, 2.75) is 59.5 Å². The first-order valence-electron chi connectivity index (χ1n) is 7.19. The zero-order valence-corrected chi connectivity index (χ0v) is 13.6. The maximum atomic E-state index is 10.9. The summed E-state index contributed by atoms with van der Waals surface area (Å²) in [5.41, 5.74) is 1.56. The zero-order valence-electron chi connectivity index (χ0n) is 12.8. The molecule has 0 fully saturated rings. The van der Waals surface area contributed by atoms with Crippen LogP contribution in [0.3, 0.4) is 0 Å². The molecular formula is C17H27ClO. The number of halogens is 1. The van der Waals surface area contributed by atoms with Crippen LogP contribution in [0.25, 0.3) is 0 Å². The Kier molecular flexibility index (Phi) is 5.88. The monoisotopic (exact) mass is 282 g/mol. The molecule has 0 saturated heterocycles. The summed E-state index contributed by atoms with van der Waals surface area (Å²) < 4.78 is 0. The molecule has 0 aliphatic heterocycles. The van der Waals surface area contributed by atoms with Crippen molar-refractivity contribution in [3.05, 3.63) is 34.3 Å². The Labute approximate surface area is 123 Å². The Morgan fingerprint density at radius 3 is 2.05 bits per heavy atom. The topological polar surface area (TPSA) is 20.2 Å². The average molecular weight is 283 g/mol. The first-order valence-corrected chi connectivity index (χ1v) is 7.57. The van der Waals surface area contributed by atoms with Crippen molar-refractivity contribution < 1.29 is 5.11 Å². The predicted octanol–water partition coefficient (Wildman–Crippen LogP) is 5.01. The largest absolute Gasteiger partial charge is 0.390 e. The van der Waals surface area contributed by atoms with E-state index in [9.17, 15) is 5.11 Å². The average Bonchev–Trinajstić information content (AvgIpc) is 2.19. The molecule has 1 nitrogen and oxygen atoms in total. The number of rotatable bonds is 6. The third-order valence-corrected chi connectivity index (χ3v) is 3.66. The molecule has 0 bridgehead atoms. The van der Waals surface area contributed by atoms with Gasteiger partial charge in [-0.05, 0) is 48.8 Å². The van der Waals surface area contributed by atoms with E-state index in [0.717, 1.165) is 29.0 Å². The molecule has 1 N–H and O–H groups in total. The number of hydrogen-bond acceptors (Lipinski definition) is 1. The minimum Gasteiger partial charge on any atom is -0.390 e. The van der Waals surface area contributed by atoms with Crippen LogP contribution in [0, 0.1) is 18.8 Å². The van der Waals surface area contributed by atoms with Crippen molar-refractivity contribution in [2.24, 2.45) is 11.8 Å². The molecule has 0 heterocycles. The smallest absolute Gasteiger partial charge is 0.0693 e. The van der Waals surface area contributed by atoms with E-state index < -0.39 is 5.60 Å². The van der Waals surface area contributed by atoms with Crippen molar-refractivity contribution in [1.82, 2.24) is 0 Å². The fourth-order valence-corrected chi connectivity index (χ4v) is 3.20. The third-order valence-electron chi connectivity index (χ3n) is 3.30. The Bertz CT molecular complexity index is 400. The molecule has 0 saturated carbocycles. The van der Waals surface area contributed by atoms with E-state index in [2.05, 4.69) is 33.8 Å². The summed E-state index contributed by atoms with van der Waals surface area (Å²) in [6.07, 6.45) is 2.27. The Hall–Kier alpha value is -0.530. The molecule has 0 radical (unpaired) electrons. The van der Waals surface area contributed by atoms with Crippen LogP contribution in [0.15, 0.2) is 18.2 Å². The quantitative estimate of drug-likeness (QED) is 0.777. The van der Waals surface area contributed by atoms with Crippen molar-refractivity contribution in [2.75, 3.05) is 0 Å². The van der Waals surface area contributed by atoms with Gasteiger partial charge in [0.1, 0.15) is 0 Å². The highest BCUT2D eigenvalue weighted by Gasteiger charge is 2.30. The fraction of sp³-hybridized carbons (Fsp3) is 0.647. The van der Waals surface area contributed by atoms with E-state index in [1.165, 1.54) is 0 Å². The summed E-state index contributed by atoms with van der Waals surface area (Å²) in [6.45, 7) is 10.7. The maximum Gasteiger partial charge on any atom is 0.0693 e. The van der Waals surface area contributed by atoms with Crippen molar-refractivity contribution in [1.29, 1.82) is 0 Å². The van der Waals surface area contributed by atoms with Crippen LogP contribution in [0.1, 0.15) is 51.7 Å². The van der Waals surface area contributed by atoms with Crippen LogP contribution >= 0.6 is 11.6 Å². The lowest BCUT2D eigenvalue weighted by molar-refractivity contribution is 0.000756. The number of benzene rings is 1. The summed E-state index contributed by atoms with van der Waals surface area (Å²) in [5, 5.41) is 11.7. The van der Waals surface area contributed by atoms with E-state index in [4.69, 9.17) is 11.6 Å². The van der Waals surface area contributed by atoms with Crippen LogP contribution in [0.5, 0.6) is 0 Å². The summed E-state index contributed by atoms with van der Waals surface area (Å²) in [7, 11) is 0. The molecule has 19 heavy (non-hydrogen) atoms. The lowest BCUT2D eigenvalue weighted by Gasteiger charge is -2.32. The van der Waals surface area contributed by atoms with Crippen LogP contribution < -0.4 is 0 Å². The summed E-state index contributed by atoms with van der Waals surface area (Å²) in [5.74, 6) is 0.959. The molecule has 1 rings (SSSR count). The molecule has 1 aromatic rings. The maximum absolute atomic E-state index is 10.9. The molecule has 0 spiro atoms. The lowest BCUT2D eigenvalue weighted by Crippen LogP contribution is -2.35. The van der Waals surface area contributed by atoms with Crippen molar-refractivity contribution in [3.8, 4) is 0 Å². The molecule has 0 amide bonds. The summed E-state index contributed by atoms with van der Waals surface area (Å²) in [6, 6.07) is 6.08. The minimum atomic E-state index is -0.652. The molecule has 0 aliphatic rings. The van der Waals surface area contributed by atoms with Crippen LogP contribution in [-0.4, -0.2) is 10.7 Å². The van der Waals surface area contributed by atoms with Crippen molar-refractivity contribution in [3.63, 3.8) is 0 Å². The molecule has 0 aliphatic carbocycles. The first kappa shape index (κ1) is 16.5. The highest BCUT2D eigenvalue weighted by Crippen LogP contribution is 2.31. The van der Waals surface area contributed by atoms with Gasteiger partial charge in [-0.1, -0.05) is 51.4 Å². The first-order chi connectivity index (χ1) is 8.72. The summed E-state index contributed by atoms with van der Waals surface area (Å²) >= 11 is 6.30. The fourth-order valence-electron chi connectivity index (χ4n) is 2.90. The zero-order chi connectivity index (χ0) is 14.6. The van der Waals surface area contributed by atoms with Gasteiger partial charge in [-0.3, -0.25) is 0 Å². The molecule has 2 heteroatoms. The van der Waals surface area contributed by atoms with Gasteiger partial charge >= 0.3 is 0 Å². The van der Waals surface area contributed by atoms with Crippen LogP contribution in [0.2, 0.25) is 5.02 Å². The second-order valence-electron chi connectivity index (χ2n) is 6.69. The predicted molar refractivity (Wildman–Crippen MR) is 83.8 cm³/mol. The van der Waals surface area contributed by atoms with Crippen molar-refractivity contribution >= 4 is 11.6 Å². The van der Waals surface area contributed by atoms with E-state index in [0.29, 0.717) is 18.3 Å². The van der Waals surface area contributed by atoms with Gasteiger partial charge in [-0.25, -0.2) is 0 Å². The van der Waals surface area contributed by atoms with E-state index in [1.807, 2.05) is 19.1 Å². The van der Waals surface area contributed by atoms with Crippen LogP contribution in [-0.2, 0) is 6.42 Å². The lowest BCUT2D eigenvalue weighted by atomic mass is 9.80. The number of aliphatic hydroxyl groups is 1. The van der Waals surface area contributed by atoms with E-state index >= 15 is 0 Å². The molecule has 0 atom stereocenters. The van der Waals surface area contributed by atoms with Gasteiger partial charge in [0.05, 0.1) is 5.60 Å². The Morgan fingerprint density at radius 1 is 1.11 bits per heavy atom. The molecule has 1 aromatic carbocycles. The van der Waals surface area contributed by atoms with Gasteiger partial charge in [0, 0.05) is 11.4 Å². The van der Waals surface area contributed by atoms with Gasteiger partial charge in [0.15, 0.2) is 0 Å². The highest BCUT2D eigenvalue weighted by molar-refractivity contribution is 6.31. The molecule has 108 valence electrons. The number of aryl methyl sites for hydroxylation is 1. The molecule has 0 aromatic heterocycles. The Balaban J connectivity index is 2.93. The second-order valence-corrected chi connectivity index (χ2v) is 7.10. The minimum absolute atomic E-state index is 0.480.